The van der Waals surface area contributed by atoms with E-state index in [1.54, 1.807) is 0 Å². The fourth-order valence-electron chi connectivity index (χ4n) is 2.23. The first-order valence-corrected chi connectivity index (χ1v) is 9.29. The third kappa shape index (κ3) is 7.65. The summed E-state index contributed by atoms with van der Waals surface area (Å²) in [6.07, 6.45) is 2.95. The Morgan fingerprint density at radius 1 is 1.25 bits per heavy atom. The molecular formula is C16H27NO2S. The first kappa shape index (κ1) is 17.2. The van der Waals surface area contributed by atoms with Crippen molar-refractivity contribution in [2.24, 2.45) is 5.92 Å². The van der Waals surface area contributed by atoms with E-state index in [2.05, 4.69) is 50.4 Å². The van der Waals surface area contributed by atoms with E-state index in [9.17, 15) is 8.42 Å². The Labute approximate surface area is 123 Å². The van der Waals surface area contributed by atoms with Gasteiger partial charge in [-0.1, -0.05) is 43.7 Å². The van der Waals surface area contributed by atoms with Gasteiger partial charge in [0.25, 0.3) is 0 Å². The van der Waals surface area contributed by atoms with Crippen molar-refractivity contribution in [2.45, 2.75) is 39.7 Å². The summed E-state index contributed by atoms with van der Waals surface area (Å²) in [6, 6.07) is 8.88. The molecule has 3 nitrogen and oxygen atoms in total. The van der Waals surface area contributed by atoms with E-state index in [1.165, 1.54) is 17.4 Å². The van der Waals surface area contributed by atoms with Crippen LogP contribution in [0.3, 0.4) is 0 Å². The minimum absolute atomic E-state index is 0.267. The first-order valence-electron chi connectivity index (χ1n) is 7.23. The zero-order chi connectivity index (χ0) is 15.2. The summed E-state index contributed by atoms with van der Waals surface area (Å²) < 4.78 is 22.7. The van der Waals surface area contributed by atoms with E-state index in [0.29, 0.717) is 18.4 Å². The lowest BCUT2D eigenvalue weighted by Gasteiger charge is -2.19. The maximum Gasteiger partial charge on any atom is 0.147 e. The molecular weight excluding hydrogens is 270 g/mol. The van der Waals surface area contributed by atoms with Crippen LogP contribution in [-0.2, 0) is 16.3 Å². The van der Waals surface area contributed by atoms with Crippen LogP contribution < -0.4 is 5.32 Å². The van der Waals surface area contributed by atoms with Crippen molar-refractivity contribution in [3.8, 4) is 0 Å². The van der Waals surface area contributed by atoms with Crippen LogP contribution in [0.4, 0.5) is 0 Å². The topological polar surface area (TPSA) is 46.2 Å². The second kappa shape index (κ2) is 7.79. The van der Waals surface area contributed by atoms with Gasteiger partial charge in [-0.25, -0.2) is 8.42 Å². The molecule has 0 bridgehead atoms. The fraction of sp³-hybridized carbons (Fsp3) is 0.625. The molecule has 0 aliphatic rings. The third-order valence-corrected chi connectivity index (χ3v) is 4.30. The van der Waals surface area contributed by atoms with Crippen molar-refractivity contribution >= 4 is 9.84 Å². The third-order valence-electron chi connectivity index (χ3n) is 3.32. The average Bonchev–Trinajstić information content (AvgIpc) is 2.31. The van der Waals surface area contributed by atoms with E-state index in [-0.39, 0.29) is 5.75 Å². The second-order valence-electron chi connectivity index (χ2n) is 6.04. The van der Waals surface area contributed by atoms with E-state index in [1.807, 2.05) is 0 Å². The van der Waals surface area contributed by atoms with Gasteiger partial charge >= 0.3 is 0 Å². The Hall–Kier alpha value is -0.870. The standard InChI is InChI=1S/C16H27NO2S/c1-13(2)17-12-16(8-9-20(4,18)19)11-15-7-5-6-14(3)10-15/h5-7,10,13,16-17H,8-9,11-12H2,1-4H3. The molecule has 0 aromatic heterocycles. The van der Waals surface area contributed by atoms with Crippen molar-refractivity contribution in [2.75, 3.05) is 18.6 Å². The highest BCUT2D eigenvalue weighted by atomic mass is 32.2. The highest BCUT2D eigenvalue weighted by Crippen LogP contribution is 2.14. The Morgan fingerprint density at radius 2 is 1.95 bits per heavy atom. The zero-order valence-electron chi connectivity index (χ0n) is 13.0. The van der Waals surface area contributed by atoms with Crippen molar-refractivity contribution in [3.63, 3.8) is 0 Å². The number of rotatable bonds is 8. The van der Waals surface area contributed by atoms with Crippen LogP contribution in [0, 0.1) is 12.8 Å². The van der Waals surface area contributed by atoms with Crippen LogP contribution >= 0.6 is 0 Å². The van der Waals surface area contributed by atoms with E-state index >= 15 is 0 Å². The van der Waals surface area contributed by atoms with Gasteiger partial charge in [0.1, 0.15) is 9.84 Å². The molecule has 0 saturated heterocycles. The summed E-state index contributed by atoms with van der Waals surface area (Å²) in [5.41, 5.74) is 2.54. The molecule has 0 saturated carbocycles. The summed E-state index contributed by atoms with van der Waals surface area (Å²) in [6.45, 7) is 7.17. The van der Waals surface area contributed by atoms with Crippen molar-refractivity contribution < 1.29 is 8.42 Å². The highest BCUT2D eigenvalue weighted by molar-refractivity contribution is 7.90. The quantitative estimate of drug-likeness (QED) is 0.802. The lowest BCUT2D eigenvalue weighted by Crippen LogP contribution is -2.31. The summed E-state index contributed by atoms with van der Waals surface area (Å²) in [7, 11) is -2.89. The number of nitrogens with one attached hydrogen (secondary N) is 1. The first-order chi connectivity index (χ1) is 9.26. The molecule has 1 N–H and O–H groups in total. The number of aryl methyl sites for hydroxylation is 1. The lowest BCUT2D eigenvalue weighted by atomic mass is 9.95. The monoisotopic (exact) mass is 297 g/mol. The zero-order valence-corrected chi connectivity index (χ0v) is 13.8. The maximum absolute atomic E-state index is 11.4. The fourth-order valence-corrected chi connectivity index (χ4v) is 2.99. The molecule has 1 aromatic rings. The van der Waals surface area contributed by atoms with Crippen LogP contribution in [0.5, 0.6) is 0 Å². The molecule has 0 amide bonds. The number of benzene rings is 1. The van der Waals surface area contributed by atoms with Gasteiger partial charge in [0.05, 0.1) is 5.75 Å². The van der Waals surface area contributed by atoms with Crippen LogP contribution in [0.1, 0.15) is 31.4 Å². The minimum Gasteiger partial charge on any atom is -0.314 e. The van der Waals surface area contributed by atoms with Gasteiger partial charge in [-0.3, -0.25) is 0 Å². The van der Waals surface area contributed by atoms with Gasteiger partial charge in [0.2, 0.25) is 0 Å². The van der Waals surface area contributed by atoms with Crippen LogP contribution in [0.25, 0.3) is 0 Å². The summed E-state index contributed by atoms with van der Waals surface area (Å²) >= 11 is 0. The van der Waals surface area contributed by atoms with Gasteiger partial charge in [0.15, 0.2) is 0 Å². The number of sulfone groups is 1. The average molecular weight is 297 g/mol. The van der Waals surface area contributed by atoms with Crippen LogP contribution in [0.2, 0.25) is 0 Å². The highest BCUT2D eigenvalue weighted by Gasteiger charge is 2.13. The van der Waals surface area contributed by atoms with E-state index in [0.717, 1.165) is 13.0 Å². The molecule has 1 unspecified atom stereocenters. The molecule has 0 aliphatic heterocycles. The van der Waals surface area contributed by atoms with Crippen molar-refractivity contribution in [3.05, 3.63) is 35.4 Å². The Bertz CT molecular complexity index is 509. The van der Waals surface area contributed by atoms with E-state index < -0.39 is 9.84 Å². The largest absolute Gasteiger partial charge is 0.314 e. The molecule has 114 valence electrons. The Kier molecular flexibility index (Phi) is 6.69. The predicted molar refractivity (Wildman–Crippen MR) is 85.8 cm³/mol. The number of hydrogen-bond donors (Lipinski definition) is 1. The van der Waals surface area contributed by atoms with Gasteiger partial charge in [-0.2, -0.15) is 0 Å². The van der Waals surface area contributed by atoms with Gasteiger partial charge < -0.3 is 5.32 Å². The smallest absolute Gasteiger partial charge is 0.147 e. The SMILES string of the molecule is Cc1cccc(CC(CCS(C)(=O)=O)CNC(C)C)c1. The Morgan fingerprint density at radius 3 is 2.50 bits per heavy atom. The Balaban J connectivity index is 2.66. The molecule has 4 heteroatoms. The van der Waals surface area contributed by atoms with E-state index in [4.69, 9.17) is 0 Å². The number of hydrogen-bond acceptors (Lipinski definition) is 3. The molecule has 0 heterocycles. The lowest BCUT2D eigenvalue weighted by molar-refractivity contribution is 0.435. The molecule has 1 atom stereocenters. The molecule has 0 spiro atoms. The van der Waals surface area contributed by atoms with Crippen LogP contribution in [-0.4, -0.2) is 33.0 Å². The normalized spacial score (nSPS) is 13.7. The summed E-state index contributed by atoms with van der Waals surface area (Å²) in [5.74, 6) is 0.623. The van der Waals surface area contributed by atoms with Gasteiger partial charge in [0, 0.05) is 12.3 Å². The minimum atomic E-state index is -2.89. The molecule has 0 fully saturated rings. The predicted octanol–water partition coefficient (Wildman–Crippen LogP) is 2.59. The van der Waals surface area contributed by atoms with Crippen molar-refractivity contribution in [1.29, 1.82) is 0 Å². The molecule has 0 radical (unpaired) electrons. The second-order valence-corrected chi connectivity index (χ2v) is 8.30. The van der Waals surface area contributed by atoms with Gasteiger partial charge in [-0.05, 0) is 37.8 Å². The molecule has 1 rings (SSSR count). The molecule has 20 heavy (non-hydrogen) atoms. The van der Waals surface area contributed by atoms with Gasteiger partial charge in [-0.15, -0.1) is 0 Å². The maximum atomic E-state index is 11.4. The van der Waals surface area contributed by atoms with Crippen LogP contribution in [0.15, 0.2) is 24.3 Å². The summed E-state index contributed by atoms with van der Waals surface area (Å²) in [4.78, 5) is 0. The van der Waals surface area contributed by atoms with Crippen molar-refractivity contribution in [1.82, 2.24) is 5.32 Å². The summed E-state index contributed by atoms with van der Waals surface area (Å²) in [5, 5.41) is 3.42. The molecule has 0 aliphatic carbocycles. The molecule has 1 aromatic carbocycles.